The van der Waals surface area contributed by atoms with Crippen LogP contribution in [0.25, 0.3) is 16.9 Å². The summed E-state index contributed by atoms with van der Waals surface area (Å²) in [5.74, 6) is 1.14. The number of imidazole rings is 1. The van der Waals surface area contributed by atoms with E-state index >= 15 is 0 Å². The Hall–Kier alpha value is -4.57. The number of carbonyl (C=O) groups excluding carboxylic acids is 2. The van der Waals surface area contributed by atoms with Crippen LogP contribution in [-0.2, 0) is 0 Å². The van der Waals surface area contributed by atoms with Gasteiger partial charge in [0.05, 0.1) is 29.4 Å². The largest absolute Gasteiger partial charge is 0.493 e. The summed E-state index contributed by atoms with van der Waals surface area (Å²) in [6, 6.07) is 15.9. The van der Waals surface area contributed by atoms with E-state index in [1.54, 1.807) is 12.1 Å². The van der Waals surface area contributed by atoms with E-state index in [4.69, 9.17) is 9.72 Å². The molecule has 4 aromatic rings. The lowest BCUT2D eigenvalue weighted by molar-refractivity contribution is 0.0631. The van der Waals surface area contributed by atoms with Gasteiger partial charge in [-0.3, -0.25) is 23.9 Å². The Morgan fingerprint density at radius 1 is 0.979 bits per heavy atom. The molecule has 2 saturated heterocycles. The van der Waals surface area contributed by atoms with Crippen LogP contribution < -0.4 is 4.74 Å². The molecular weight excluding hydrogens is 595 g/mol. The average molecular weight is 637 g/mol. The number of nitrogens with zero attached hydrogens (tertiary/aromatic N) is 6. The van der Waals surface area contributed by atoms with E-state index in [1.165, 1.54) is 12.1 Å². The summed E-state index contributed by atoms with van der Waals surface area (Å²) in [4.78, 5) is 42.2. The van der Waals surface area contributed by atoms with Crippen molar-refractivity contribution < 1.29 is 18.7 Å². The molecule has 0 radical (unpaired) electrons. The van der Waals surface area contributed by atoms with Gasteiger partial charge in [-0.15, -0.1) is 0 Å². The molecule has 7 rings (SSSR count). The van der Waals surface area contributed by atoms with Gasteiger partial charge in [0.1, 0.15) is 17.4 Å². The summed E-state index contributed by atoms with van der Waals surface area (Å²) in [7, 11) is 0. The minimum absolute atomic E-state index is 0.0647. The van der Waals surface area contributed by atoms with E-state index in [0.717, 1.165) is 87.1 Å². The van der Waals surface area contributed by atoms with Crippen LogP contribution in [0.5, 0.6) is 5.75 Å². The van der Waals surface area contributed by atoms with E-state index in [0.29, 0.717) is 42.5 Å². The summed E-state index contributed by atoms with van der Waals surface area (Å²) >= 11 is 0. The zero-order valence-electron chi connectivity index (χ0n) is 26.9. The molecule has 0 N–H and O–H groups in total. The predicted molar refractivity (Wildman–Crippen MR) is 180 cm³/mol. The number of piperazine rings is 1. The second-order valence-electron chi connectivity index (χ2n) is 12.8. The van der Waals surface area contributed by atoms with Crippen molar-refractivity contribution in [3.05, 3.63) is 83.4 Å². The van der Waals surface area contributed by atoms with Gasteiger partial charge in [-0.2, -0.15) is 0 Å². The van der Waals surface area contributed by atoms with E-state index in [-0.39, 0.29) is 23.7 Å². The highest BCUT2D eigenvalue weighted by atomic mass is 19.1. The summed E-state index contributed by atoms with van der Waals surface area (Å²) in [5, 5.41) is 0. The Bertz CT molecular complexity index is 1790. The number of ether oxygens (including phenoxy) is 1. The van der Waals surface area contributed by atoms with E-state index in [9.17, 15) is 14.0 Å². The number of carbonyl (C=O) groups is 2. The predicted octanol–water partition coefficient (Wildman–Crippen LogP) is 6.17. The molecule has 0 unspecified atom stereocenters. The Morgan fingerprint density at radius 2 is 1.79 bits per heavy atom. The van der Waals surface area contributed by atoms with Gasteiger partial charge < -0.3 is 14.5 Å². The molecular formula is C37H41FN6O3. The number of aromatic nitrogens is 2. The second kappa shape index (κ2) is 13.7. The number of halogens is 1. The number of rotatable bonds is 10. The number of pyridine rings is 1. The number of hydrogen-bond acceptors (Lipinski definition) is 6. The van der Waals surface area contributed by atoms with Crippen molar-refractivity contribution in [1.29, 1.82) is 0 Å². The van der Waals surface area contributed by atoms with Crippen molar-refractivity contribution in [2.45, 2.75) is 51.5 Å². The number of amides is 2. The second-order valence-corrected chi connectivity index (χ2v) is 12.8. The Kier molecular flexibility index (Phi) is 9.02. The Labute approximate surface area is 274 Å². The molecule has 244 valence electrons. The minimum atomic E-state index is -0.305. The van der Waals surface area contributed by atoms with Crippen LogP contribution in [0, 0.1) is 12.7 Å². The van der Waals surface area contributed by atoms with Crippen LogP contribution in [-0.4, -0.2) is 94.0 Å². The van der Waals surface area contributed by atoms with Crippen LogP contribution in [0.4, 0.5) is 10.1 Å². The molecule has 9 nitrogen and oxygen atoms in total. The molecule has 2 aromatic carbocycles. The smallest absolute Gasteiger partial charge is 0.274 e. The number of unbranched alkanes of at least 4 members (excludes halogenated alkanes) is 3. The SMILES string of the molecule is Cc1cc2c(cc1OCCCCCCN1CCN(C(=O)c3nc(-c4ccc(F)cc4)n4ccccc34)CC1)N=C[C@@H]1CCCN1C2=O. The van der Waals surface area contributed by atoms with Crippen molar-refractivity contribution in [2.75, 3.05) is 45.9 Å². The molecule has 0 saturated carbocycles. The molecule has 2 amide bonds. The van der Waals surface area contributed by atoms with Crippen molar-refractivity contribution in [3.63, 3.8) is 0 Å². The lowest BCUT2D eigenvalue weighted by Crippen LogP contribution is -2.49. The maximum Gasteiger partial charge on any atom is 0.274 e. The van der Waals surface area contributed by atoms with Crippen LogP contribution in [0.3, 0.4) is 0 Å². The van der Waals surface area contributed by atoms with Crippen molar-refractivity contribution >= 4 is 29.2 Å². The fourth-order valence-electron chi connectivity index (χ4n) is 6.93. The minimum Gasteiger partial charge on any atom is -0.493 e. The highest BCUT2D eigenvalue weighted by molar-refractivity contribution is 6.03. The van der Waals surface area contributed by atoms with Crippen LogP contribution in [0.1, 0.15) is 64.9 Å². The molecule has 5 heterocycles. The summed E-state index contributed by atoms with van der Waals surface area (Å²) in [5.41, 5.74) is 4.30. The first-order chi connectivity index (χ1) is 23.0. The molecule has 47 heavy (non-hydrogen) atoms. The van der Waals surface area contributed by atoms with E-state index < -0.39 is 0 Å². The molecule has 3 aliphatic heterocycles. The molecule has 0 bridgehead atoms. The molecule has 0 aliphatic carbocycles. The number of aliphatic imine (C=N–C) groups is 1. The normalized spacial score (nSPS) is 18.0. The van der Waals surface area contributed by atoms with Crippen LogP contribution in [0.15, 0.2) is 65.8 Å². The van der Waals surface area contributed by atoms with Crippen molar-refractivity contribution in [3.8, 4) is 17.1 Å². The zero-order chi connectivity index (χ0) is 32.3. The number of hydrogen-bond donors (Lipinski definition) is 0. The zero-order valence-corrected chi connectivity index (χ0v) is 26.9. The maximum absolute atomic E-state index is 13.6. The average Bonchev–Trinajstić information content (AvgIpc) is 3.70. The molecule has 10 heteroatoms. The van der Waals surface area contributed by atoms with Gasteiger partial charge >= 0.3 is 0 Å². The lowest BCUT2D eigenvalue weighted by atomic mass is 10.1. The molecule has 1 atom stereocenters. The third kappa shape index (κ3) is 6.52. The molecule has 0 spiro atoms. The Morgan fingerprint density at radius 3 is 2.62 bits per heavy atom. The Balaban J connectivity index is 0.846. The first-order valence-electron chi connectivity index (χ1n) is 16.8. The van der Waals surface area contributed by atoms with Gasteiger partial charge in [0.2, 0.25) is 0 Å². The maximum atomic E-state index is 13.6. The number of aryl methyl sites for hydroxylation is 1. The quantitative estimate of drug-likeness (QED) is 0.195. The standard InChI is InChI=1S/C37H41FN6O3/c1-26-23-30-31(39-25-29-9-8-17-43(29)36(30)45)24-33(26)47-22-7-3-2-5-15-41-18-20-42(21-19-41)37(46)34-32-10-4-6-16-44(32)35(40-34)27-11-13-28(38)14-12-27/h4,6,10-14,16,23-25,29H,2-3,5,7-9,15,17-22H2,1H3/t29-/m0/s1. The van der Waals surface area contributed by atoms with Crippen molar-refractivity contribution in [1.82, 2.24) is 24.1 Å². The van der Waals surface area contributed by atoms with Gasteiger partial charge in [-0.05, 0) is 87.2 Å². The lowest BCUT2D eigenvalue weighted by Gasteiger charge is -2.34. The van der Waals surface area contributed by atoms with Crippen molar-refractivity contribution in [2.24, 2.45) is 4.99 Å². The third-order valence-corrected chi connectivity index (χ3v) is 9.61. The van der Waals surface area contributed by atoms with Gasteiger partial charge in [-0.25, -0.2) is 9.37 Å². The van der Waals surface area contributed by atoms with Gasteiger partial charge in [0.15, 0.2) is 5.69 Å². The fraction of sp³-hybridized carbons (Fsp3) is 0.405. The van der Waals surface area contributed by atoms with Gasteiger partial charge in [-0.1, -0.05) is 18.9 Å². The monoisotopic (exact) mass is 636 g/mol. The van der Waals surface area contributed by atoms with E-state index in [2.05, 4.69) is 9.89 Å². The third-order valence-electron chi connectivity index (χ3n) is 9.61. The fourth-order valence-corrected chi connectivity index (χ4v) is 6.93. The highest BCUT2D eigenvalue weighted by Crippen LogP contribution is 2.34. The number of benzene rings is 2. The van der Waals surface area contributed by atoms with E-state index in [1.807, 2.05) is 63.9 Å². The summed E-state index contributed by atoms with van der Waals surface area (Å²) in [6.45, 7) is 7.46. The first kappa shape index (κ1) is 31.1. The topological polar surface area (TPSA) is 82.8 Å². The van der Waals surface area contributed by atoms with Gasteiger partial charge in [0.25, 0.3) is 11.8 Å². The van der Waals surface area contributed by atoms with Crippen LogP contribution in [0.2, 0.25) is 0 Å². The first-order valence-corrected chi connectivity index (χ1v) is 16.8. The van der Waals surface area contributed by atoms with Gasteiger partial charge in [0, 0.05) is 56.8 Å². The summed E-state index contributed by atoms with van der Waals surface area (Å²) < 4.78 is 21.5. The summed E-state index contributed by atoms with van der Waals surface area (Å²) in [6.07, 6.45) is 10.1. The molecule has 3 aliphatic rings. The molecule has 2 aromatic heterocycles. The number of fused-ring (bicyclic) bond motifs is 3. The molecule has 2 fully saturated rings. The van der Waals surface area contributed by atoms with Crippen LogP contribution >= 0.6 is 0 Å². The highest BCUT2D eigenvalue weighted by Gasteiger charge is 2.32.